The minimum Gasteiger partial charge on any atom is -0.351 e. The first-order valence-corrected chi connectivity index (χ1v) is 8.77. The van der Waals surface area contributed by atoms with Crippen molar-refractivity contribution in [2.24, 2.45) is 0 Å². The molecule has 24 heavy (non-hydrogen) atoms. The van der Waals surface area contributed by atoms with Crippen LogP contribution in [0.5, 0.6) is 0 Å². The Bertz CT molecular complexity index is 708. The number of carbonyl (C=O) groups is 1. The molecule has 1 amide bonds. The van der Waals surface area contributed by atoms with Gasteiger partial charge in [-0.3, -0.25) is 4.79 Å². The fourth-order valence-corrected chi connectivity index (χ4v) is 3.70. The van der Waals surface area contributed by atoms with Crippen molar-refractivity contribution >= 4 is 17.5 Å². The highest BCUT2D eigenvalue weighted by Gasteiger charge is 2.42. The molecule has 0 aromatic heterocycles. The quantitative estimate of drug-likeness (QED) is 0.830. The standard InChI is InChI=1S/C20H21ClFNO/c21-16-10-8-15(9-11-16)14-23-19(24)20(12-4-1-5-13-20)17-6-2-3-7-18(17)22/h2-3,6-11H,1,4-5,12-14H2,(H,23,24). The number of hydrogen-bond acceptors (Lipinski definition) is 1. The Hall–Kier alpha value is -1.87. The van der Waals surface area contributed by atoms with Crippen LogP contribution >= 0.6 is 11.6 Å². The average molecular weight is 346 g/mol. The molecule has 1 fully saturated rings. The van der Waals surface area contributed by atoms with E-state index in [1.54, 1.807) is 30.3 Å². The lowest BCUT2D eigenvalue weighted by Gasteiger charge is -2.36. The fourth-order valence-electron chi connectivity index (χ4n) is 3.58. The smallest absolute Gasteiger partial charge is 0.231 e. The van der Waals surface area contributed by atoms with E-state index in [2.05, 4.69) is 5.32 Å². The molecule has 126 valence electrons. The fraction of sp³-hybridized carbons (Fsp3) is 0.350. The average Bonchev–Trinajstić information content (AvgIpc) is 2.62. The topological polar surface area (TPSA) is 29.1 Å². The molecule has 0 saturated heterocycles. The van der Waals surface area contributed by atoms with Gasteiger partial charge in [-0.05, 0) is 36.6 Å². The molecule has 0 radical (unpaired) electrons. The SMILES string of the molecule is O=C(NCc1ccc(Cl)cc1)C1(c2ccccc2F)CCCCC1. The second-order valence-electron chi connectivity index (χ2n) is 6.43. The molecule has 0 atom stereocenters. The van der Waals surface area contributed by atoms with Crippen molar-refractivity contribution in [1.29, 1.82) is 0 Å². The molecule has 0 aliphatic heterocycles. The Morgan fingerprint density at radius 1 is 1.04 bits per heavy atom. The summed E-state index contributed by atoms with van der Waals surface area (Å²) in [5.74, 6) is -0.372. The molecule has 1 aliphatic rings. The van der Waals surface area contributed by atoms with Crippen LogP contribution in [0.4, 0.5) is 4.39 Å². The van der Waals surface area contributed by atoms with Crippen LogP contribution < -0.4 is 5.32 Å². The van der Waals surface area contributed by atoms with Gasteiger partial charge in [0.15, 0.2) is 0 Å². The number of benzene rings is 2. The lowest BCUT2D eigenvalue weighted by Crippen LogP contribution is -2.46. The highest BCUT2D eigenvalue weighted by Crippen LogP contribution is 2.40. The van der Waals surface area contributed by atoms with E-state index in [9.17, 15) is 9.18 Å². The first-order valence-electron chi connectivity index (χ1n) is 8.40. The molecule has 3 rings (SSSR count). The zero-order chi connectivity index (χ0) is 17.0. The molecule has 0 heterocycles. The summed E-state index contributed by atoms with van der Waals surface area (Å²) in [7, 11) is 0. The largest absolute Gasteiger partial charge is 0.351 e. The number of rotatable bonds is 4. The van der Waals surface area contributed by atoms with E-state index in [4.69, 9.17) is 11.6 Å². The summed E-state index contributed by atoms with van der Waals surface area (Å²) in [4.78, 5) is 13.0. The number of nitrogens with one attached hydrogen (secondary N) is 1. The Morgan fingerprint density at radius 3 is 2.38 bits per heavy atom. The van der Waals surface area contributed by atoms with Crippen molar-refractivity contribution in [1.82, 2.24) is 5.32 Å². The molecule has 0 unspecified atom stereocenters. The minimum atomic E-state index is -0.754. The third kappa shape index (κ3) is 3.46. The van der Waals surface area contributed by atoms with Gasteiger partial charge in [0.25, 0.3) is 0 Å². The zero-order valence-corrected chi connectivity index (χ0v) is 14.3. The van der Waals surface area contributed by atoms with Gasteiger partial charge in [-0.2, -0.15) is 0 Å². The molecule has 0 spiro atoms. The maximum absolute atomic E-state index is 14.4. The van der Waals surface area contributed by atoms with E-state index in [0.29, 0.717) is 30.0 Å². The van der Waals surface area contributed by atoms with Crippen molar-refractivity contribution in [3.8, 4) is 0 Å². The summed E-state index contributed by atoms with van der Waals surface area (Å²) >= 11 is 5.89. The van der Waals surface area contributed by atoms with E-state index in [0.717, 1.165) is 24.8 Å². The van der Waals surface area contributed by atoms with Gasteiger partial charge in [0.05, 0.1) is 5.41 Å². The summed E-state index contributed by atoms with van der Waals surface area (Å²) < 4.78 is 14.4. The van der Waals surface area contributed by atoms with Crippen LogP contribution in [-0.4, -0.2) is 5.91 Å². The molecule has 2 aromatic rings. The molecule has 4 heteroatoms. The molecule has 0 bridgehead atoms. The van der Waals surface area contributed by atoms with E-state index >= 15 is 0 Å². The van der Waals surface area contributed by atoms with Crippen molar-refractivity contribution in [2.45, 2.75) is 44.1 Å². The Morgan fingerprint density at radius 2 is 1.71 bits per heavy atom. The van der Waals surface area contributed by atoms with Gasteiger partial charge in [0.2, 0.25) is 5.91 Å². The van der Waals surface area contributed by atoms with E-state index < -0.39 is 5.41 Å². The highest BCUT2D eigenvalue weighted by atomic mass is 35.5. The lowest BCUT2D eigenvalue weighted by atomic mass is 9.68. The summed E-state index contributed by atoms with van der Waals surface area (Å²) in [6.07, 6.45) is 4.38. The van der Waals surface area contributed by atoms with Gasteiger partial charge in [0, 0.05) is 17.1 Å². The van der Waals surface area contributed by atoms with Gasteiger partial charge in [0.1, 0.15) is 5.82 Å². The maximum atomic E-state index is 14.4. The third-order valence-corrected chi connectivity index (χ3v) is 5.15. The van der Waals surface area contributed by atoms with Crippen molar-refractivity contribution in [3.63, 3.8) is 0 Å². The van der Waals surface area contributed by atoms with Gasteiger partial charge in [-0.25, -0.2) is 4.39 Å². The van der Waals surface area contributed by atoms with Crippen LogP contribution in [0.2, 0.25) is 5.02 Å². The van der Waals surface area contributed by atoms with Gasteiger partial charge < -0.3 is 5.32 Å². The van der Waals surface area contributed by atoms with Crippen LogP contribution in [0.3, 0.4) is 0 Å². The molecule has 2 nitrogen and oxygen atoms in total. The monoisotopic (exact) mass is 345 g/mol. The van der Waals surface area contributed by atoms with Gasteiger partial charge in [-0.15, -0.1) is 0 Å². The predicted octanol–water partition coefficient (Wildman–Crippen LogP) is 5.00. The molecular weight excluding hydrogens is 325 g/mol. The number of halogens is 2. The van der Waals surface area contributed by atoms with Crippen molar-refractivity contribution in [2.75, 3.05) is 0 Å². The van der Waals surface area contributed by atoms with Crippen molar-refractivity contribution < 1.29 is 9.18 Å². The molecule has 1 aliphatic carbocycles. The first kappa shape index (κ1) is 17.0. The van der Waals surface area contributed by atoms with Crippen LogP contribution in [0, 0.1) is 5.82 Å². The number of hydrogen-bond donors (Lipinski definition) is 1. The molecule has 2 aromatic carbocycles. The van der Waals surface area contributed by atoms with Gasteiger partial charge in [-0.1, -0.05) is 61.2 Å². The van der Waals surface area contributed by atoms with Gasteiger partial charge >= 0.3 is 0 Å². The summed E-state index contributed by atoms with van der Waals surface area (Å²) in [5, 5.41) is 3.67. The van der Waals surface area contributed by atoms with E-state index in [1.807, 2.05) is 12.1 Å². The predicted molar refractivity (Wildman–Crippen MR) is 94.5 cm³/mol. The summed E-state index contributed by atoms with van der Waals surface area (Å²) in [6.45, 7) is 0.423. The molecule has 1 N–H and O–H groups in total. The molecular formula is C20H21ClFNO. The maximum Gasteiger partial charge on any atom is 0.231 e. The Labute approximate surface area is 147 Å². The Kier molecular flexibility index (Phi) is 5.20. The van der Waals surface area contributed by atoms with E-state index in [-0.39, 0.29) is 11.7 Å². The normalized spacial score (nSPS) is 16.6. The highest BCUT2D eigenvalue weighted by molar-refractivity contribution is 6.30. The summed E-state index contributed by atoms with van der Waals surface area (Å²) in [6, 6.07) is 14.0. The van der Waals surface area contributed by atoms with Crippen molar-refractivity contribution in [3.05, 3.63) is 70.5 Å². The summed E-state index contributed by atoms with van der Waals surface area (Å²) in [5.41, 5.74) is 0.751. The van der Waals surface area contributed by atoms with Crippen LogP contribution in [-0.2, 0) is 16.8 Å². The van der Waals surface area contributed by atoms with Crippen LogP contribution in [0.15, 0.2) is 48.5 Å². The number of amides is 1. The zero-order valence-electron chi connectivity index (χ0n) is 13.5. The third-order valence-electron chi connectivity index (χ3n) is 4.90. The second-order valence-corrected chi connectivity index (χ2v) is 6.87. The number of carbonyl (C=O) groups excluding carboxylic acids is 1. The Balaban J connectivity index is 1.82. The molecule has 1 saturated carbocycles. The van der Waals surface area contributed by atoms with E-state index in [1.165, 1.54) is 6.07 Å². The van der Waals surface area contributed by atoms with Crippen LogP contribution in [0.25, 0.3) is 0 Å². The minimum absolute atomic E-state index is 0.0812. The lowest BCUT2D eigenvalue weighted by molar-refractivity contribution is -0.128. The van der Waals surface area contributed by atoms with Crippen LogP contribution in [0.1, 0.15) is 43.2 Å². The first-order chi connectivity index (χ1) is 11.6. The second kappa shape index (κ2) is 7.35.